The molecule has 0 aliphatic heterocycles. The zero-order chi connectivity index (χ0) is 9.14. The molecule has 64 valence electrons. The second-order valence-electron chi connectivity index (χ2n) is 2.98. The van der Waals surface area contributed by atoms with Crippen molar-refractivity contribution in [3.05, 3.63) is 35.4 Å². The van der Waals surface area contributed by atoms with E-state index in [-0.39, 0.29) is 0 Å². The van der Waals surface area contributed by atoms with Gasteiger partial charge in [0.15, 0.2) is 0 Å². The number of anilines is 1. The van der Waals surface area contributed by atoms with Gasteiger partial charge in [0.2, 0.25) is 0 Å². The van der Waals surface area contributed by atoms with Crippen molar-refractivity contribution in [2.75, 3.05) is 5.73 Å². The Balaban J connectivity index is 3.31. The number of hydrogen-bond donors (Lipinski definition) is 1. The topological polar surface area (TPSA) is 26.0 Å². The third-order valence-corrected chi connectivity index (χ3v) is 2.04. The second-order valence-corrected chi connectivity index (χ2v) is 2.98. The van der Waals surface area contributed by atoms with Gasteiger partial charge in [-0.1, -0.05) is 31.2 Å². The number of aryl methyl sites for hydroxylation is 2. The largest absolute Gasteiger partial charge is 0.398 e. The fraction of sp³-hybridized carbons (Fsp3) is 0.273. The van der Waals surface area contributed by atoms with Gasteiger partial charge in [0.1, 0.15) is 0 Å². The zero-order valence-corrected chi connectivity index (χ0v) is 7.72. The van der Waals surface area contributed by atoms with E-state index in [1.807, 2.05) is 6.08 Å². The summed E-state index contributed by atoms with van der Waals surface area (Å²) < 4.78 is 0. The summed E-state index contributed by atoms with van der Waals surface area (Å²) in [5.74, 6) is 0. The first-order valence-electron chi connectivity index (χ1n) is 4.20. The van der Waals surface area contributed by atoms with Crippen LogP contribution in [0.2, 0.25) is 0 Å². The Hall–Kier alpha value is -1.24. The minimum atomic E-state index is 0.873. The lowest BCUT2D eigenvalue weighted by Gasteiger charge is -2.07. The molecule has 1 heteroatoms. The number of hydrogen-bond acceptors (Lipinski definition) is 1. The Bertz CT molecular complexity index is 300. The maximum Gasteiger partial charge on any atom is 0.0420 e. The summed E-state index contributed by atoms with van der Waals surface area (Å²) in [6.45, 7) is 7.91. The van der Waals surface area contributed by atoms with E-state index in [2.05, 4.69) is 32.6 Å². The summed E-state index contributed by atoms with van der Waals surface area (Å²) in [7, 11) is 0. The molecule has 0 aliphatic rings. The maximum absolute atomic E-state index is 5.90. The van der Waals surface area contributed by atoms with Gasteiger partial charge in [-0.15, -0.1) is 0 Å². The van der Waals surface area contributed by atoms with Crippen LogP contribution in [0.15, 0.2) is 18.7 Å². The molecule has 0 radical (unpaired) electrons. The van der Waals surface area contributed by atoms with Gasteiger partial charge in [0.05, 0.1) is 0 Å². The summed E-state index contributed by atoms with van der Waals surface area (Å²) >= 11 is 0. The average molecular weight is 161 g/mol. The van der Waals surface area contributed by atoms with Crippen LogP contribution in [-0.4, -0.2) is 0 Å². The minimum absolute atomic E-state index is 0.873. The van der Waals surface area contributed by atoms with Crippen molar-refractivity contribution in [3.63, 3.8) is 0 Å². The maximum atomic E-state index is 5.90. The monoisotopic (exact) mass is 161 g/mol. The Morgan fingerprint density at radius 1 is 1.50 bits per heavy atom. The Labute approximate surface area is 73.9 Å². The average Bonchev–Trinajstić information content (AvgIpc) is 2.08. The molecule has 0 aliphatic carbocycles. The van der Waals surface area contributed by atoms with Crippen LogP contribution in [0.4, 0.5) is 5.69 Å². The SMILES string of the molecule is C=Cc1cc(C)cc(CC)c1N. The van der Waals surface area contributed by atoms with Crippen molar-refractivity contribution in [2.24, 2.45) is 0 Å². The summed E-state index contributed by atoms with van der Waals surface area (Å²) in [6.07, 6.45) is 2.79. The second kappa shape index (κ2) is 3.44. The molecule has 2 N–H and O–H groups in total. The van der Waals surface area contributed by atoms with Crippen molar-refractivity contribution in [3.8, 4) is 0 Å². The van der Waals surface area contributed by atoms with E-state index in [1.54, 1.807) is 0 Å². The molecule has 0 unspecified atom stereocenters. The van der Waals surface area contributed by atoms with Crippen LogP contribution in [0, 0.1) is 6.92 Å². The predicted octanol–water partition coefficient (Wildman–Crippen LogP) is 2.78. The van der Waals surface area contributed by atoms with Crippen LogP contribution in [0.1, 0.15) is 23.6 Å². The molecular formula is C11H15N. The van der Waals surface area contributed by atoms with E-state index in [9.17, 15) is 0 Å². The first kappa shape index (κ1) is 8.85. The molecule has 0 aromatic heterocycles. The van der Waals surface area contributed by atoms with Crippen molar-refractivity contribution in [2.45, 2.75) is 20.3 Å². The Kier molecular flexibility index (Phi) is 2.54. The lowest BCUT2D eigenvalue weighted by molar-refractivity contribution is 1.13. The number of benzene rings is 1. The van der Waals surface area contributed by atoms with Crippen LogP contribution < -0.4 is 5.73 Å². The first-order chi connectivity index (χ1) is 5.69. The summed E-state index contributed by atoms with van der Waals surface area (Å²) in [6, 6.07) is 4.18. The van der Waals surface area contributed by atoms with Gasteiger partial charge < -0.3 is 5.73 Å². The van der Waals surface area contributed by atoms with Crippen molar-refractivity contribution < 1.29 is 0 Å². The number of nitrogens with two attached hydrogens (primary N) is 1. The van der Waals surface area contributed by atoms with Crippen molar-refractivity contribution in [1.29, 1.82) is 0 Å². The van der Waals surface area contributed by atoms with Gasteiger partial charge in [0, 0.05) is 5.69 Å². The van der Waals surface area contributed by atoms with Gasteiger partial charge in [-0.25, -0.2) is 0 Å². The van der Waals surface area contributed by atoms with Crippen molar-refractivity contribution in [1.82, 2.24) is 0 Å². The Morgan fingerprint density at radius 2 is 2.17 bits per heavy atom. The third kappa shape index (κ3) is 1.50. The normalized spacial score (nSPS) is 9.83. The smallest absolute Gasteiger partial charge is 0.0420 e. The molecule has 1 nitrogen and oxygen atoms in total. The number of rotatable bonds is 2. The zero-order valence-electron chi connectivity index (χ0n) is 7.72. The van der Waals surface area contributed by atoms with E-state index in [4.69, 9.17) is 5.73 Å². The van der Waals surface area contributed by atoms with E-state index < -0.39 is 0 Å². The molecular weight excluding hydrogens is 146 g/mol. The molecule has 0 heterocycles. The fourth-order valence-corrected chi connectivity index (χ4v) is 1.36. The van der Waals surface area contributed by atoms with Crippen LogP contribution in [-0.2, 0) is 6.42 Å². The standard InChI is InChI=1S/C11H15N/c1-4-9-6-8(3)7-10(5-2)11(9)12/h4,6-7H,1,5,12H2,2-3H3. The molecule has 0 atom stereocenters. The molecule has 1 rings (SSSR count). The number of nitrogen functional groups attached to an aromatic ring is 1. The molecule has 1 aromatic rings. The van der Waals surface area contributed by atoms with E-state index >= 15 is 0 Å². The molecule has 12 heavy (non-hydrogen) atoms. The van der Waals surface area contributed by atoms with Crippen molar-refractivity contribution >= 4 is 11.8 Å². The van der Waals surface area contributed by atoms with Crippen LogP contribution in [0.5, 0.6) is 0 Å². The summed E-state index contributed by atoms with van der Waals surface area (Å²) in [5.41, 5.74) is 10.3. The van der Waals surface area contributed by atoms with E-state index in [0.29, 0.717) is 0 Å². The van der Waals surface area contributed by atoms with Gasteiger partial charge in [-0.3, -0.25) is 0 Å². The third-order valence-electron chi connectivity index (χ3n) is 2.04. The van der Waals surface area contributed by atoms with Crippen LogP contribution >= 0.6 is 0 Å². The lowest BCUT2D eigenvalue weighted by Crippen LogP contribution is -1.96. The van der Waals surface area contributed by atoms with Gasteiger partial charge in [-0.05, 0) is 30.5 Å². The molecule has 0 fully saturated rings. The van der Waals surface area contributed by atoms with E-state index in [0.717, 1.165) is 17.7 Å². The highest BCUT2D eigenvalue weighted by molar-refractivity contribution is 5.67. The highest BCUT2D eigenvalue weighted by Crippen LogP contribution is 2.21. The fourth-order valence-electron chi connectivity index (χ4n) is 1.36. The summed E-state index contributed by atoms with van der Waals surface area (Å²) in [4.78, 5) is 0. The van der Waals surface area contributed by atoms with Gasteiger partial charge in [0.25, 0.3) is 0 Å². The highest BCUT2D eigenvalue weighted by Gasteiger charge is 2.01. The molecule has 0 bridgehead atoms. The Morgan fingerprint density at radius 3 is 2.67 bits per heavy atom. The molecule has 0 spiro atoms. The molecule has 0 amide bonds. The molecule has 1 aromatic carbocycles. The molecule has 0 saturated heterocycles. The van der Waals surface area contributed by atoms with Gasteiger partial charge >= 0.3 is 0 Å². The quantitative estimate of drug-likeness (QED) is 0.663. The van der Waals surface area contributed by atoms with Crippen LogP contribution in [0.25, 0.3) is 6.08 Å². The first-order valence-corrected chi connectivity index (χ1v) is 4.20. The highest BCUT2D eigenvalue weighted by atomic mass is 14.6. The van der Waals surface area contributed by atoms with Gasteiger partial charge in [-0.2, -0.15) is 0 Å². The van der Waals surface area contributed by atoms with E-state index in [1.165, 1.54) is 11.1 Å². The lowest BCUT2D eigenvalue weighted by atomic mass is 10.0. The van der Waals surface area contributed by atoms with Crippen LogP contribution in [0.3, 0.4) is 0 Å². The predicted molar refractivity (Wildman–Crippen MR) is 55.1 cm³/mol. The molecule has 0 saturated carbocycles. The summed E-state index contributed by atoms with van der Waals surface area (Å²) in [5, 5.41) is 0. The minimum Gasteiger partial charge on any atom is -0.398 e.